The Morgan fingerprint density at radius 2 is 1.57 bits per heavy atom. The van der Waals surface area contributed by atoms with Gasteiger partial charge in [-0.25, -0.2) is 0 Å². The molecule has 5 rings (SSSR count). The minimum absolute atomic E-state index is 0.976. The highest BCUT2D eigenvalue weighted by Gasteiger charge is 2.25. The molecule has 0 heteroatoms. The molecular formula is C28H24. The van der Waals surface area contributed by atoms with Gasteiger partial charge in [-0.15, -0.1) is 0 Å². The van der Waals surface area contributed by atoms with Gasteiger partial charge in [0.05, 0.1) is 0 Å². The molecule has 0 fully saturated rings. The van der Waals surface area contributed by atoms with Crippen molar-refractivity contribution in [1.82, 2.24) is 0 Å². The lowest BCUT2D eigenvalue weighted by molar-refractivity contribution is 1.16. The summed E-state index contributed by atoms with van der Waals surface area (Å²) in [5, 5.41) is 5.42. The van der Waals surface area contributed by atoms with E-state index in [0.717, 1.165) is 12.8 Å². The van der Waals surface area contributed by atoms with E-state index < -0.39 is 0 Å². The Labute approximate surface area is 166 Å². The van der Waals surface area contributed by atoms with Gasteiger partial charge in [0.2, 0.25) is 0 Å². The van der Waals surface area contributed by atoms with E-state index in [1.807, 2.05) is 0 Å². The Morgan fingerprint density at radius 3 is 2.36 bits per heavy atom. The first kappa shape index (κ1) is 17.0. The number of rotatable bonds is 3. The Bertz CT molecular complexity index is 1270. The van der Waals surface area contributed by atoms with Crippen LogP contribution in [0.3, 0.4) is 0 Å². The molecule has 0 bridgehead atoms. The molecule has 0 unspecified atom stereocenters. The zero-order valence-corrected chi connectivity index (χ0v) is 16.5. The molecule has 28 heavy (non-hydrogen) atoms. The van der Waals surface area contributed by atoms with Crippen LogP contribution in [0.2, 0.25) is 0 Å². The van der Waals surface area contributed by atoms with Crippen LogP contribution in [0.25, 0.3) is 32.7 Å². The van der Waals surface area contributed by atoms with E-state index in [9.17, 15) is 0 Å². The maximum absolute atomic E-state index is 2.40. The first-order valence-electron chi connectivity index (χ1n) is 10.1. The molecule has 4 aromatic carbocycles. The third-order valence-corrected chi connectivity index (χ3v) is 6.06. The molecule has 0 saturated carbocycles. The van der Waals surface area contributed by atoms with E-state index in [1.54, 1.807) is 0 Å². The van der Waals surface area contributed by atoms with Crippen molar-refractivity contribution in [1.29, 1.82) is 0 Å². The normalized spacial score (nSPS) is 13.4. The molecule has 0 amide bonds. The molecule has 0 aliphatic heterocycles. The van der Waals surface area contributed by atoms with Crippen LogP contribution in [-0.4, -0.2) is 0 Å². The summed E-state index contributed by atoms with van der Waals surface area (Å²) in [6.07, 6.45) is 8.71. The summed E-state index contributed by atoms with van der Waals surface area (Å²) >= 11 is 0. The molecule has 4 aromatic rings. The molecule has 0 atom stereocenters. The quantitative estimate of drug-likeness (QED) is 0.290. The molecule has 0 saturated heterocycles. The first-order valence-corrected chi connectivity index (χ1v) is 10.1. The second-order valence-electron chi connectivity index (χ2n) is 7.75. The van der Waals surface area contributed by atoms with Crippen molar-refractivity contribution in [2.24, 2.45) is 0 Å². The Balaban J connectivity index is 1.77. The second kappa shape index (κ2) is 6.80. The highest BCUT2D eigenvalue weighted by atomic mass is 14.3. The maximum Gasteiger partial charge on any atom is -0.00101 e. The average molecular weight is 361 g/mol. The van der Waals surface area contributed by atoms with Crippen LogP contribution < -0.4 is 0 Å². The molecule has 0 radical (unpaired) electrons. The van der Waals surface area contributed by atoms with Crippen molar-refractivity contribution < 1.29 is 0 Å². The summed E-state index contributed by atoms with van der Waals surface area (Å²) in [5.74, 6) is 0. The number of allylic oxidation sites excluding steroid dienone is 4. The molecule has 136 valence electrons. The van der Waals surface area contributed by atoms with Crippen molar-refractivity contribution in [3.63, 3.8) is 0 Å². The van der Waals surface area contributed by atoms with Gasteiger partial charge >= 0.3 is 0 Å². The second-order valence-corrected chi connectivity index (χ2v) is 7.75. The van der Waals surface area contributed by atoms with E-state index in [0.29, 0.717) is 0 Å². The van der Waals surface area contributed by atoms with E-state index >= 15 is 0 Å². The zero-order chi connectivity index (χ0) is 19.1. The monoisotopic (exact) mass is 360 g/mol. The Kier molecular flexibility index (Phi) is 4.13. The standard InChI is InChI=1S/C28H24/c1-3-19(2)9-8-12-22-17-21-11-5-7-14-25(21)28-26(22)18-23-16-15-20-10-4-6-13-24(20)27(23)28/h3-11,13-17H,12,18H2,1-2H3/b9-8-,19-3-. The van der Waals surface area contributed by atoms with Gasteiger partial charge in [0.25, 0.3) is 0 Å². The van der Waals surface area contributed by atoms with Gasteiger partial charge in [-0.2, -0.15) is 0 Å². The number of hydrogen-bond acceptors (Lipinski definition) is 0. The van der Waals surface area contributed by atoms with Gasteiger partial charge in [0.1, 0.15) is 0 Å². The fourth-order valence-corrected chi connectivity index (χ4v) is 4.54. The van der Waals surface area contributed by atoms with E-state index in [-0.39, 0.29) is 0 Å². The number of benzene rings is 4. The lowest BCUT2D eigenvalue weighted by Crippen LogP contribution is -1.93. The van der Waals surface area contributed by atoms with E-state index in [4.69, 9.17) is 0 Å². The summed E-state index contributed by atoms with van der Waals surface area (Å²) in [4.78, 5) is 0. The molecule has 0 spiro atoms. The molecule has 0 heterocycles. The summed E-state index contributed by atoms with van der Waals surface area (Å²) in [5.41, 5.74) is 8.63. The molecule has 0 N–H and O–H groups in total. The van der Waals surface area contributed by atoms with Crippen molar-refractivity contribution in [3.8, 4) is 11.1 Å². The van der Waals surface area contributed by atoms with Crippen molar-refractivity contribution in [2.75, 3.05) is 0 Å². The summed E-state index contributed by atoms with van der Waals surface area (Å²) in [7, 11) is 0. The van der Waals surface area contributed by atoms with E-state index in [2.05, 4.69) is 98.8 Å². The predicted octanol–water partition coefficient (Wildman–Crippen LogP) is 7.63. The minimum atomic E-state index is 0.976. The van der Waals surface area contributed by atoms with Crippen LogP contribution in [-0.2, 0) is 12.8 Å². The van der Waals surface area contributed by atoms with Crippen LogP contribution in [0.15, 0.2) is 90.5 Å². The van der Waals surface area contributed by atoms with Gasteiger partial charge in [-0.05, 0) is 76.1 Å². The highest BCUT2D eigenvalue weighted by molar-refractivity contribution is 6.10. The van der Waals surface area contributed by atoms with Crippen LogP contribution in [0.4, 0.5) is 0 Å². The molecule has 0 aromatic heterocycles. The minimum Gasteiger partial charge on any atom is -0.0847 e. The van der Waals surface area contributed by atoms with Crippen LogP contribution in [0.1, 0.15) is 30.5 Å². The van der Waals surface area contributed by atoms with Crippen molar-refractivity contribution >= 4 is 21.5 Å². The number of fused-ring (bicyclic) bond motifs is 7. The fraction of sp³-hybridized carbons (Fsp3) is 0.143. The predicted molar refractivity (Wildman–Crippen MR) is 122 cm³/mol. The van der Waals surface area contributed by atoms with E-state index in [1.165, 1.54) is 54.9 Å². The first-order chi connectivity index (χ1) is 13.8. The SMILES string of the molecule is C/C=C(C)\C=C/Cc1cc2ccccc2c2c1Cc1ccc3ccccc3c1-2. The van der Waals surface area contributed by atoms with Gasteiger partial charge < -0.3 is 0 Å². The lowest BCUT2D eigenvalue weighted by atomic mass is 9.91. The lowest BCUT2D eigenvalue weighted by Gasteiger charge is -2.13. The third-order valence-electron chi connectivity index (χ3n) is 6.06. The summed E-state index contributed by atoms with van der Waals surface area (Å²) in [6, 6.07) is 24.7. The zero-order valence-electron chi connectivity index (χ0n) is 16.5. The largest absolute Gasteiger partial charge is 0.0847 e. The van der Waals surface area contributed by atoms with Crippen LogP contribution >= 0.6 is 0 Å². The van der Waals surface area contributed by atoms with Gasteiger partial charge in [0.15, 0.2) is 0 Å². The smallest absolute Gasteiger partial charge is 0.00101 e. The highest BCUT2D eigenvalue weighted by Crippen LogP contribution is 2.46. The van der Waals surface area contributed by atoms with Crippen molar-refractivity contribution in [2.45, 2.75) is 26.7 Å². The fourth-order valence-electron chi connectivity index (χ4n) is 4.54. The van der Waals surface area contributed by atoms with Gasteiger partial charge in [0, 0.05) is 0 Å². The summed E-state index contributed by atoms with van der Waals surface area (Å²) < 4.78 is 0. The third kappa shape index (κ3) is 2.68. The molecular weight excluding hydrogens is 336 g/mol. The average Bonchev–Trinajstić information content (AvgIpc) is 3.14. The summed E-state index contributed by atoms with van der Waals surface area (Å²) in [6.45, 7) is 4.25. The van der Waals surface area contributed by atoms with Gasteiger partial charge in [-0.3, -0.25) is 0 Å². The van der Waals surface area contributed by atoms with Crippen LogP contribution in [0.5, 0.6) is 0 Å². The Hall–Kier alpha value is -3.12. The maximum atomic E-state index is 2.40. The van der Waals surface area contributed by atoms with Gasteiger partial charge in [-0.1, -0.05) is 90.5 Å². The molecule has 0 nitrogen and oxygen atoms in total. The topological polar surface area (TPSA) is 0 Å². The molecule has 1 aliphatic rings. The number of hydrogen-bond donors (Lipinski definition) is 0. The van der Waals surface area contributed by atoms with Crippen molar-refractivity contribution in [3.05, 3.63) is 107 Å². The molecule has 1 aliphatic carbocycles. The Morgan fingerprint density at radius 1 is 0.857 bits per heavy atom. The van der Waals surface area contributed by atoms with Crippen LogP contribution in [0, 0.1) is 0 Å².